The highest BCUT2D eigenvalue weighted by molar-refractivity contribution is 6.70. The van der Waals surface area contributed by atoms with Crippen LogP contribution in [0.5, 0.6) is 0 Å². The molecule has 5 nitrogen and oxygen atoms in total. The zero-order valence-electron chi connectivity index (χ0n) is 18.2. The molecular weight excluding hydrogens is 396 g/mol. The second-order valence-corrected chi connectivity index (χ2v) is 12.7. The first-order valence-electron chi connectivity index (χ1n) is 10.3. The van der Waals surface area contributed by atoms with Crippen LogP contribution in [0.1, 0.15) is 11.1 Å². The van der Waals surface area contributed by atoms with E-state index < -0.39 is 20.7 Å². The van der Waals surface area contributed by atoms with Gasteiger partial charge in [0.15, 0.2) is 12.4 Å². The standard InChI is InChI=1S/C24H32O5Si/c1-25-24-23(27-17-20-13-9-6-10-14-20)22(29-30(2,3)4)15-21(28-24)18-26-16-19-11-7-5-8-12-19/h5-15,21,23-24H,16-18H2,1-4H3/t21-,23+,24+/m0/s1. The molecule has 0 radical (unpaired) electrons. The normalized spacial score (nSPS) is 21.9. The van der Waals surface area contributed by atoms with Crippen LogP contribution in [-0.4, -0.2) is 40.5 Å². The SMILES string of the molecule is CO[C@@H]1O[C@H](COCc2ccccc2)C=C(O[Si](C)(C)C)[C@H]1OCc1ccccc1. The van der Waals surface area contributed by atoms with Gasteiger partial charge >= 0.3 is 0 Å². The summed E-state index contributed by atoms with van der Waals surface area (Å²) in [5.41, 5.74) is 2.22. The van der Waals surface area contributed by atoms with Crippen LogP contribution in [0.3, 0.4) is 0 Å². The summed E-state index contributed by atoms with van der Waals surface area (Å²) in [6, 6.07) is 20.2. The Labute approximate surface area is 180 Å². The molecule has 1 aliphatic heterocycles. The monoisotopic (exact) mass is 428 g/mol. The number of hydrogen-bond donors (Lipinski definition) is 0. The average molecular weight is 429 g/mol. The fourth-order valence-electron chi connectivity index (χ4n) is 3.20. The van der Waals surface area contributed by atoms with Gasteiger partial charge in [-0.1, -0.05) is 60.7 Å². The molecule has 0 unspecified atom stereocenters. The van der Waals surface area contributed by atoms with E-state index in [2.05, 4.69) is 19.6 Å². The summed E-state index contributed by atoms with van der Waals surface area (Å²) in [6.07, 6.45) is 0.735. The fourth-order valence-corrected chi connectivity index (χ4v) is 4.09. The van der Waals surface area contributed by atoms with Crippen molar-refractivity contribution in [3.8, 4) is 0 Å². The third kappa shape index (κ3) is 7.07. The van der Waals surface area contributed by atoms with Crippen LogP contribution in [0.25, 0.3) is 0 Å². The molecule has 0 saturated carbocycles. The van der Waals surface area contributed by atoms with E-state index in [0.717, 1.165) is 16.9 Å². The van der Waals surface area contributed by atoms with Gasteiger partial charge in [0, 0.05) is 7.11 Å². The topological polar surface area (TPSA) is 46.2 Å². The summed E-state index contributed by atoms with van der Waals surface area (Å²) >= 11 is 0. The van der Waals surface area contributed by atoms with Gasteiger partial charge in [0.2, 0.25) is 8.32 Å². The van der Waals surface area contributed by atoms with E-state index in [1.165, 1.54) is 0 Å². The first-order valence-corrected chi connectivity index (χ1v) is 13.7. The van der Waals surface area contributed by atoms with Crippen LogP contribution in [0, 0.1) is 0 Å². The van der Waals surface area contributed by atoms with Crippen molar-refractivity contribution in [3.63, 3.8) is 0 Å². The predicted molar refractivity (Wildman–Crippen MR) is 119 cm³/mol. The van der Waals surface area contributed by atoms with Gasteiger partial charge in [-0.25, -0.2) is 0 Å². The molecule has 2 aromatic rings. The summed E-state index contributed by atoms with van der Waals surface area (Å²) in [4.78, 5) is 0. The molecule has 0 saturated heterocycles. The Morgan fingerprint density at radius 1 is 0.867 bits per heavy atom. The molecule has 0 bridgehead atoms. The Hall–Kier alpha value is -1.96. The van der Waals surface area contributed by atoms with Crippen LogP contribution in [0.4, 0.5) is 0 Å². The first-order chi connectivity index (χ1) is 14.4. The van der Waals surface area contributed by atoms with Crippen molar-refractivity contribution in [2.24, 2.45) is 0 Å². The van der Waals surface area contributed by atoms with Crippen molar-refractivity contribution in [2.45, 2.75) is 51.4 Å². The fraction of sp³-hybridized carbons (Fsp3) is 0.417. The molecule has 0 amide bonds. The Morgan fingerprint density at radius 3 is 2.03 bits per heavy atom. The van der Waals surface area contributed by atoms with Crippen molar-refractivity contribution in [2.75, 3.05) is 13.7 Å². The van der Waals surface area contributed by atoms with E-state index >= 15 is 0 Å². The summed E-state index contributed by atoms with van der Waals surface area (Å²) in [5.74, 6) is 0.775. The van der Waals surface area contributed by atoms with E-state index in [4.69, 9.17) is 23.4 Å². The van der Waals surface area contributed by atoms with Gasteiger partial charge in [0.25, 0.3) is 0 Å². The molecule has 0 N–H and O–H groups in total. The van der Waals surface area contributed by atoms with Gasteiger partial charge in [-0.3, -0.25) is 0 Å². The number of ether oxygens (including phenoxy) is 4. The van der Waals surface area contributed by atoms with Crippen LogP contribution in [-0.2, 0) is 36.6 Å². The summed E-state index contributed by atoms with van der Waals surface area (Å²) < 4.78 is 30.2. The Kier molecular flexibility index (Phi) is 8.24. The highest BCUT2D eigenvalue weighted by Gasteiger charge is 2.37. The van der Waals surface area contributed by atoms with Crippen molar-refractivity contribution in [3.05, 3.63) is 83.6 Å². The van der Waals surface area contributed by atoms with Crippen LogP contribution < -0.4 is 0 Å². The second kappa shape index (κ2) is 10.9. The lowest BCUT2D eigenvalue weighted by Crippen LogP contribution is -2.45. The van der Waals surface area contributed by atoms with E-state index in [1.54, 1.807) is 7.11 Å². The first kappa shape index (κ1) is 22.7. The minimum absolute atomic E-state index is 0.262. The maximum Gasteiger partial charge on any atom is 0.241 e. The number of rotatable bonds is 10. The average Bonchev–Trinajstić information content (AvgIpc) is 2.73. The van der Waals surface area contributed by atoms with Crippen molar-refractivity contribution in [1.82, 2.24) is 0 Å². The van der Waals surface area contributed by atoms with E-state index in [9.17, 15) is 0 Å². The maximum absolute atomic E-state index is 6.37. The highest BCUT2D eigenvalue weighted by atomic mass is 28.4. The third-order valence-corrected chi connectivity index (χ3v) is 5.36. The van der Waals surface area contributed by atoms with Gasteiger partial charge in [-0.2, -0.15) is 0 Å². The molecule has 6 heteroatoms. The zero-order valence-corrected chi connectivity index (χ0v) is 19.2. The predicted octanol–water partition coefficient (Wildman–Crippen LogP) is 4.90. The minimum atomic E-state index is -1.85. The van der Waals surface area contributed by atoms with Gasteiger partial charge in [-0.15, -0.1) is 0 Å². The Balaban J connectivity index is 1.68. The van der Waals surface area contributed by atoms with E-state index in [1.807, 2.05) is 66.7 Å². The zero-order chi connectivity index (χ0) is 21.4. The molecule has 162 valence electrons. The summed E-state index contributed by atoms with van der Waals surface area (Å²) in [5, 5.41) is 0. The Morgan fingerprint density at radius 2 is 1.47 bits per heavy atom. The van der Waals surface area contributed by atoms with Gasteiger partial charge in [0.05, 0.1) is 19.8 Å². The molecule has 1 aliphatic rings. The summed E-state index contributed by atoms with van der Waals surface area (Å²) in [7, 11) is -0.223. The van der Waals surface area contributed by atoms with E-state index in [0.29, 0.717) is 19.8 Å². The lowest BCUT2D eigenvalue weighted by atomic mass is 10.1. The summed E-state index contributed by atoms with van der Waals surface area (Å²) in [6.45, 7) is 7.86. The largest absolute Gasteiger partial charge is 0.545 e. The van der Waals surface area contributed by atoms with Crippen LogP contribution in [0.15, 0.2) is 72.5 Å². The van der Waals surface area contributed by atoms with Crippen molar-refractivity contribution < 1.29 is 23.4 Å². The molecule has 2 aromatic carbocycles. The molecule has 3 atom stereocenters. The van der Waals surface area contributed by atoms with Crippen LogP contribution >= 0.6 is 0 Å². The molecule has 30 heavy (non-hydrogen) atoms. The van der Waals surface area contributed by atoms with Gasteiger partial charge in [-0.05, 0) is 36.8 Å². The quantitative estimate of drug-likeness (QED) is 0.504. The lowest BCUT2D eigenvalue weighted by Gasteiger charge is -2.37. The second-order valence-electron chi connectivity index (χ2n) is 8.28. The minimum Gasteiger partial charge on any atom is -0.545 e. The number of benzene rings is 2. The Bertz CT molecular complexity index is 788. The molecule has 1 heterocycles. The third-order valence-electron chi connectivity index (χ3n) is 4.51. The molecule has 0 aliphatic carbocycles. The number of hydrogen-bond acceptors (Lipinski definition) is 5. The van der Waals surface area contributed by atoms with Gasteiger partial charge in [0.1, 0.15) is 11.9 Å². The number of methoxy groups -OCH3 is 1. The molecular formula is C24H32O5Si. The van der Waals surface area contributed by atoms with Crippen LogP contribution in [0.2, 0.25) is 19.6 Å². The maximum atomic E-state index is 6.37. The molecule has 0 aromatic heterocycles. The van der Waals surface area contributed by atoms with Gasteiger partial charge < -0.3 is 23.4 Å². The van der Waals surface area contributed by atoms with Crippen molar-refractivity contribution in [1.29, 1.82) is 0 Å². The molecule has 0 spiro atoms. The molecule has 0 fully saturated rings. The smallest absolute Gasteiger partial charge is 0.241 e. The highest BCUT2D eigenvalue weighted by Crippen LogP contribution is 2.28. The molecule has 3 rings (SSSR count). The lowest BCUT2D eigenvalue weighted by molar-refractivity contribution is -0.223. The van der Waals surface area contributed by atoms with Crippen molar-refractivity contribution >= 4 is 8.32 Å². The van der Waals surface area contributed by atoms with E-state index in [-0.39, 0.29) is 6.10 Å².